The standard InChI is InChI=1S/C14H19NO5/c1-17-7-9-12(8-5-6-19-13(8)9)15-14(16)10-3-4-11(18-2)20-10/h3-4,8-9,12-13H,5-7H2,1-2H3,(H,15,16)/t8-,9+,12-,13-/m0/s1. The first-order valence-corrected chi connectivity index (χ1v) is 6.80. The molecule has 1 amide bonds. The van der Waals surface area contributed by atoms with Crippen LogP contribution in [0, 0.1) is 11.8 Å². The number of carbonyl (C=O) groups excluding carboxylic acids is 1. The molecule has 1 aromatic rings. The molecule has 0 spiro atoms. The van der Waals surface area contributed by atoms with Crippen LogP contribution in [0.15, 0.2) is 16.5 Å². The summed E-state index contributed by atoms with van der Waals surface area (Å²) in [6, 6.07) is 3.33. The number of methoxy groups -OCH3 is 2. The van der Waals surface area contributed by atoms with E-state index in [4.69, 9.17) is 18.6 Å². The molecular weight excluding hydrogens is 262 g/mol. The number of amides is 1. The lowest BCUT2D eigenvalue weighted by Gasteiger charge is -2.47. The Kier molecular flexibility index (Phi) is 3.67. The van der Waals surface area contributed by atoms with Gasteiger partial charge in [0.05, 0.1) is 19.8 Å². The van der Waals surface area contributed by atoms with Crippen molar-refractivity contribution >= 4 is 5.91 Å². The van der Waals surface area contributed by atoms with E-state index < -0.39 is 0 Å². The number of rotatable bonds is 5. The van der Waals surface area contributed by atoms with Gasteiger partial charge >= 0.3 is 0 Å². The maximum absolute atomic E-state index is 12.2. The second-order valence-corrected chi connectivity index (χ2v) is 5.23. The van der Waals surface area contributed by atoms with Crippen molar-refractivity contribution in [3.63, 3.8) is 0 Å². The van der Waals surface area contributed by atoms with E-state index in [2.05, 4.69) is 5.32 Å². The van der Waals surface area contributed by atoms with Gasteiger partial charge in [0.15, 0.2) is 5.76 Å². The number of furan rings is 1. The third-order valence-electron chi connectivity index (χ3n) is 4.19. The minimum absolute atomic E-state index is 0.0889. The molecule has 20 heavy (non-hydrogen) atoms. The van der Waals surface area contributed by atoms with Crippen LogP contribution in [0.5, 0.6) is 5.95 Å². The summed E-state index contributed by atoms with van der Waals surface area (Å²) in [5, 5.41) is 3.03. The largest absolute Gasteiger partial charge is 0.468 e. The van der Waals surface area contributed by atoms with E-state index in [1.807, 2.05) is 0 Å². The first-order chi connectivity index (χ1) is 9.74. The number of hydrogen-bond acceptors (Lipinski definition) is 5. The van der Waals surface area contributed by atoms with Gasteiger partial charge in [0.1, 0.15) is 0 Å². The molecule has 4 atom stereocenters. The molecule has 2 heterocycles. The summed E-state index contributed by atoms with van der Waals surface area (Å²) < 4.78 is 21.1. The Balaban J connectivity index is 1.65. The van der Waals surface area contributed by atoms with Gasteiger partial charge in [-0.2, -0.15) is 0 Å². The second-order valence-electron chi connectivity index (χ2n) is 5.23. The van der Waals surface area contributed by atoms with Crippen LogP contribution in [-0.2, 0) is 9.47 Å². The lowest BCUT2D eigenvalue weighted by Crippen LogP contribution is -2.62. The summed E-state index contributed by atoms with van der Waals surface area (Å²) in [6.45, 7) is 1.35. The normalized spacial score (nSPS) is 31.5. The molecule has 0 aromatic carbocycles. The summed E-state index contributed by atoms with van der Waals surface area (Å²) >= 11 is 0. The van der Waals surface area contributed by atoms with Crippen molar-refractivity contribution < 1.29 is 23.4 Å². The Bertz CT molecular complexity index is 486. The van der Waals surface area contributed by atoms with Crippen molar-refractivity contribution in [2.75, 3.05) is 27.4 Å². The minimum atomic E-state index is -0.218. The highest BCUT2D eigenvalue weighted by Gasteiger charge is 2.54. The van der Waals surface area contributed by atoms with Crippen molar-refractivity contribution in [1.29, 1.82) is 0 Å². The quantitative estimate of drug-likeness (QED) is 0.874. The monoisotopic (exact) mass is 281 g/mol. The van der Waals surface area contributed by atoms with Crippen LogP contribution in [-0.4, -0.2) is 45.5 Å². The highest BCUT2D eigenvalue weighted by atomic mass is 16.6. The molecule has 6 heteroatoms. The first-order valence-electron chi connectivity index (χ1n) is 6.80. The fourth-order valence-electron chi connectivity index (χ4n) is 3.21. The molecule has 2 fully saturated rings. The van der Waals surface area contributed by atoms with Gasteiger partial charge in [-0.05, 0) is 12.5 Å². The number of nitrogens with one attached hydrogen (secondary N) is 1. The van der Waals surface area contributed by atoms with Gasteiger partial charge in [-0.1, -0.05) is 0 Å². The lowest BCUT2D eigenvalue weighted by atomic mass is 9.67. The molecule has 6 nitrogen and oxygen atoms in total. The Morgan fingerprint density at radius 3 is 3.00 bits per heavy atom. The fraction of sp³-hybridized carbons (Fsp3) is 0.643. The summed E-state index contributed by atoms with van der Waals surface area (Å²) in [4.78, 5) is 12.2. The van der Waals surface area contributed by atoms with E-state index in [0.29, 0.717) is 18.5 Å². The van der Waals surface area contributed by atoms with Gasteiger partial charge in [0.2, 0.25) is 0 Å². The Morgan fingerprint density at radius 2 is 2.30 bits per heavy atom. The van der Waals surface area contributed by atoms with Gasteiger partial charge in [-0.15, -0.1) is 0 Å². The predicted molar refractivity (Wildman–Crippen MR) is 69.7 cm³/mol. The predicted octanol–water partition coefficient (Wildman–Crippen LogP) is 1.07. The van der Waals surface area contributed by atoms with Crippen molar-refractivity contribution in [2.24, 2.45) is 11.8 Å². The van der Waals surface area contributed by atoms with Crippen LogP contribution in [0.25, 0.3) is 0 Å². The molecule has 1 saturated heterocycles. The molecule has 1 N–H and O–H groups in total. The summed E-state index contributed by atoms with van der Waals surface area (Å²) in [5.74, 6) is 0.980. The molecule has 1 aliphatic carbocycles. The average Bonchev–Trinajstić information content (AvgIpc) is 3.09. The van der Waals surface area contributed by atoms with E-state index >= 15 is 0 Å². The SMILES string of the molecule is COC[C@@H]1[C@@H](NC(=O)c2ccc(OC)o2)[C@@H]2CCO[C@H]12. The van der Waals surface area contributed by atoms with E-state index in [1.165, 1.54) is 7.11 Å². The van der Waals surface area contributed by atoms with E-state index in [9.17, 15) is 4.79 Å². The minimum Gasteiger partial charge on any atom is -0.468 e. The smallest absolute Gasteiger partial charge is 0.287 e. The topological polar surface area (TPSA) is 69.9 Å². The number of fused-ring (bicyclic) bond motifs is 1. The number of hydrogen-bond donors (Lipinski definition) is 1. The maximum Gasteiger partial charge on any atom is 0.287 e. The van der Waals surface area contributed by atoms with Crippen LogP contribution < -0.4 is 10.1 Å². The van der Waals surface area contributed by atoms with Gasteiger partial charge in [0, 0.05) is 37.7 Å². The first kappa shape index (κ1) is 13.5. The highest BCUT2D eigenvalue weighted by molar-refractivity contribution is 5.91. The van der Waals surface area contributed by atoms with E-state index in [-0.39, 0.29) is 29.7 Å². The molecular formula is C14H19NO5. The van der Waals surface area contributed by atoms with E-state index in [0.717, 1.165) is 13.0 Å². The highest BCUT2D eigenvalue weighted by Crippen LogP contribution is 2.43. The number of ether oxygens (including phenoxy) is 3. The molecule has 1 aliphatic heterocycles. The number of carbonyl (C=O) groups is 1. The molecule has 0 unspecified atom stereocenters. The second kappa shape index (κ2) is 5.46. The fourth-order valence-corrected chi connectivity index (χ4v) is 3.21. The van der Waals surface area contributed by atoms with Crippen molar-refractivity contribution in [2.45, 2.75) is 18.6 Å². The van der Waals surface area contributed by atoms with Gasteiger partial charge < -0.3 is 23.9 Å². The summed E-state index contributed by atoms with van der Waals surface area (Å²) in [7, 11) is 3.17. The van der Waals surface area contributed by atoms with Crippen LogP contribution >= 0.6 is 0 Å². The zero-order chi connectivity index (χ0) is 14.1. The van der Waals surface area contributed by atoms with Gasteiger partial charge in [0.25, 0.3) is 11.9 Å². The molecule has 1 saturated carbocycles. The maximum atomic E-state index is 12.2. The zero-order valence-corrected chi connectivity index (χ0v) is 11.6. The van der Waals surface area contributed by atoms with Crippen LogP contribution in [0.2, 0.25) is 0 Å². The molecule has 2 aliphatic rings. The Labute approximate surface area is 117 Å². The summed E-state index contributed by atoms with van der Waals surface area (Å²) in [6.07, 6.45) is 1.20. The van der Waals surface area contributed by atoms with Crippen molar-refractivity contribution in [1.82, 2.24) is 5.32 Å². The molecule has 0 radical (unpaired) electrons. The van der Waals surface area contributed by atoms with Crippen LogP contribution in [0.4, 0.5) is 0 Å². The van der Waals surface area contributed by atoms with Crippen LogP contribution in [0.1, 0.15) is 17.0 Å². The Morgan fingerprint density at radius 1 is 1.45 bits per heavy atom. The van der Waals surface area contributed by atoms with E-state index in [1.54, 1.807) is 19.2 Å². The van der Waals surface area contributed by atoms with Crippen molar-refractivity contribution in [3.8, 4) is 5.95 Å². The lowest BCUT2D eigenvalue weighted by molar-refractivity contribution is -0.0811. The molecule has 0 bridgehead atoms. The third-order valence-corrected chi connectivity index (χ3v) is 4.19. The van der Waals surface area contributed by atoms with Gasteiger partial charge in [-0.3, -0.25) is 4.79 Å². The van der Waals surface area contributed by atoms with Crippen molar-refractivity contribution in [3.05, 3.63) is 17.9 Å². The van der Waals surface area contributed by atoms with Gasteiger partial charge in [-0.25, -0.2) is 0 Å². The Hall–Kier alpha value is -1.53. The zero-order valence-electron chi connectivity index (χ0n) is 11.6. The third kappa shape index (κ3) is 2.19. The molecule has 110 valence electrons. The molecule has 3 rings (SSSR count). The van der Waals surface area contributed by atoms with Crippen LogP contribution in [0.3, 0.4) is 0 Å². The average molecular weight is 281 g/mol. The molecule has 1 aromatic heterocycles. The summed E-state index contributed by atoms with van der Waals surface area (Å²) in [5.41, 5.74) is 0.